The number of fused-ring (bicyclic) bond motifs is 2. The second-order valence-electron chi connectivity index (χ2n) is 33.8. The number of ether oxygens (including phenoxy) is 4. The number of benzene rings is 4. The molecule has 0 unspecified atom stereocenters. The van der Waals surface area contributed by atoms with Crippen LogP contribution in [0.2, 0.25) is 0 Å². The van der Waals surface area contributed by atoms with Crippen molar-refractivity contribution in [1.82, 2.24) is 60.6 Å². The number of rotatable bonds is 28. The zero-order valence-electron chi connectivity index (χ0n) is 70.4. The number of nitrogens with zero attached hydrogens (tertiary/aromatic N) is 8. The highest BCUT2D eigenvalue weighted by Crippen LogP contribution is 2.48. The summed E-state index contributed by atoms with van der Waals surface area (Å²) in [6, 6.07) is 29.7. The Kier molecular flexibility index (Phi) is 28.0. The summed E-state index contributed by atoms with van der Waals surface area (Å²) in [7, 11) is 7.47. The number of carbonyl (C=O) groups excluding carboxylic acids is 4. The topological polar surface area (TPSA) is 264 Å². The number of anilines is 2. The van der Waals surface area contributed by atoms with Gasteiger partial charge in [-0.3, -0.25) is 19.2 Å². The maximum atomic E-state index is 13.8. The fraction of sp³-hybridized carbons (Fsp3) is 0.556. The number of hydrogen-bond acceptors (Lipinski definition) is 18. The molecule has 15 rings (SSSR count). The average Bonchev–Trinajstić information content (AvgIpc) is 1.59. The summed E-state index contributed by atoms with van der Waals surface area (Å²) in [6.07, 6.45) is 18.2. The third kappa shape index (κ3) is 19.9. The molecule has 2 saturated carbocycles. The van der Waals surface area contributed by atoms with Gasteiger partial charge in [0.25, 0.3) is 0 Å². The molecule has 5 aliphatic heterocycles. The van der Waals surface area contributed by atoms with Crippen LogP contribution in [-0.2, 0) is 103 Å². The summed E-state index contributed by atoms with van der Waals surface area (Å²) >= 11 is 3.48. The Morgan fingerprint density at radius 2 is 0.940 bits per heavy atom. The Morgan fingerprint density at radius 3 is 1.36 bits per heavy atom. The second kappa shape index (κ2) is 38.1. The van der Waals surface area contributed by atoms with Crippen LogP contribution in [0.4, 0.5) is 11.4 Å². The standard InChI is InChI=1S/C42H55N7O4.C29H37BrN6O4.C19H30BNO2/c1-5-36-34(38(46-32-14-20-53-21-15-32)35-27-45-49(6-2)39(35)47-36)26-44-41(51)42(16-17-42)40(50)43-25-30-10-11-37(52-4)33(24-30)31-9-7-8-29(23-31)22-28-12-18-48(3)19-13-28;1-4-23-20(25(34-19-8-12-40-13-9-19)21-17-33-36(5-2)26(21)35-23)16-32-28(38)29(10-11-29)27(37)31-15-18-6-7-24(39-3)22(30)14-18;1-18(2)19(3,4)23-20(22-18)17-8-6-7-16(14-17)13-15-9-11-21(5)12-10-15/h7-11,23-24,27-28,32H,5-6,12-22,25-26H2,1-4H3,(H,43,50)(H,44,51)(H,46,47);6-7,14,17,19H,4-5,8-13,15-16H2,1-3H3,(H,31,37)(H,32,38)(H,34,35);6-8,14-15H,9-13H2,1-5H3. The number of pyridine rings is 2. The zero-order chi connectivity index (χ0) is 81.9. The lowest BCUT2D eigenvalue weighted by molar-refractivity contribution is -0.138. The van der Waals surface area contributed by atoms with Gasteiger partial charge in [-0.1, -0.05) is 74.5 Å². The number of likely N-dealkylation sites (tertiary alicyclic amines) is 2. The first-order valence-electron chi connectivity index (χ1n) is 42.4. The van der Waals surface area contributed by atoms with Gasteiger partial charge in [-0.2, -0.15) is 10.2 Å². The first kappa shape index (κ1) is 85.4. The van der Waals surface area contributed by atoms with Gasteiger partial charge in [-0.25, -0.2) is 19.3 Å². The largest absolute Gasteiger partial charge is 0.496 e. The summed E-state index contributed by atoms with van der Waals surface area (Å²) in [5.74, 6) is 2.06. The molecule has 7 aliphatic rings. The number of amides is 4. The van der Waals surface area contributed by atoms with Crippen LogP contribution in [0.1, 0.15) is 177 Å². The molecule has 24 nitrogen and oxygen atoms in total. The summed E-state index contributed by atoms with van der Waals surface area (Å²) in [4.78, 5) is 68.9. The number of nitrogens with one attached hydrogen (secondary N) is 6. The van der Waals surface area contributed by atoms with E-state index >= 15 is 0 Å². The van der Waals surface area contributed by atoms with Crippen LogP contribution < -0.4 is 46.8 Å². The van der Waals surface area contributed by atoms with Gasteiger partial charge in [-0.05, 0) is 270 Å². The van der Waals surface area contributed by atoms with Crippen molar-refractivity contribution in [1.29, 1.82) is 0 Å². The molecule has 622 valence electrons. The minimum atomic E-state index is -1.07. The van der Waals surface area contributed by atoms with E-state index in [2.05, 4.69) is 185 Å². The molecule has 0 radical (unpaired) electrons. The Labute approximate surface area is 693 Å². The van der Waals surface area contributed by atoms with E-state index in [0.717, 1.165) is 171 Å². The van der Waals surface area contributed by atoms with Crippen LogP contribution in [0.3, 0.4) is 0 Å². The van der Waals surface area contributed by atoms with Crippen molar-refractivity contribution >= 4 is 85.6 Å². The van der Waals surface area contributed by atoms with Gasteiger partial charge < -0.3 is 70.0 Å². The summed E-state index contributed by atoms with van der Waals surface area (Å²) in [5, 5.41) is 30.8. The fourth-order valence-corrected chi connectivity index (χ4v) is 17.4. The summed E-state index contributed by atoms with van der Waals surface area (Å²) < 4.78 is 39.2. The van der Waals surface area contributed by atoms with E-state index in [1.54, 1.807) is 14.2 Å². The quantitative estimate of drug-likeness (QED) is 0.0197. The number of carbonyl (C=O) groups is 4. The van der Waals surface area contributed by atoms with Crippen molar-refractivity contribution in [2.75, 3.05) is 91.6 Å². The molecule has 7 fully saturated rings. The van der Waals surface area contributed by atoms with Crippen LogP contribution in [-0.4, -0.2) is 174 Å². The zero-order valence-corrected chi connectivity index (χ0v) is 72.0. The van der Waals surface area contributed by atoms with E-state index in [1.165, 1.54) is 56.3 Å². The number of aromatic nitrogens is 6. The normalized spacial score (nSPS) is 18.8. The molecule has 5 saturated heterocycles. The molecule has 4 amide bonds. The second-order valence-corrected chi connectivity index (χ2v) is 34.7. The maximum Gasteiger partial charge on any atom is 0.494 e. The summed E-state index contributed by atoms with van der Waals surface area (Å²) in [6.45, 7) is 27.0. The minimum absolute atomic E-state index is 0.235. The predicted octanol–water partition coefficient (Wildman–Crippen LogP) is 12.8. The molecule has 4 aromatic carbocycles. The number of aryl methyl sites for hydroxylation is 4. The van der Waals surface area contributed by atoms with E-state index in [9.17, 15) is 19.2 Å². The summed E-state index contributed by atoms with van der Waals surface area (Å²) in [5.41, 5.74) is 12.6. The molecule has 2 aliphatic carbocycles. The van der Waals surface area contributed by atoms with Gasteiger partial charge in [-0.15, -0.1) is 0 Å². The third-order valence-corrected chi connectivity index (χ3v) is 25.9. The molecular weight excluding hydrogens is 1530 g/mol. The maximum absolute atomic E-state index is 13.8. The van der Waals surface area contributed by atoms with Crippen LogP contribution in [0.5, 0.6) is 11.5 Å². The van der Waals surface area contributed by atoms with E-state index in [-0.39, 0.29) is 67.1 Å². The molecular formula is C90H122BBrN14O10. The molecule has 6 N–H and O–H groups in total. The van der Waals surface area contributed by atoms with Crippen molar-refractivity contribution in [3.05, 3.63) is 147 Å². The van der Waals surface area contributed by atoms with E-state index in [4.69, 9.17) is 38.2 Å². The number of hydrogen-bond donors (Lipinski definition) is 6. The molecule has 0 spiro atoms. The highest BCUT2D eigenvalue weighted by molar-refractivity contribution is 9.10. The first-order chi connectivity index (χ1) is 56.0. The highest BCUT2D eigenvalue weighted by Gasteiger charge is 2.58. The Hall–Kier alpha value is -8.50. The molecule has 4 aromatic heterocycles. The van der Waals surface area contributed by atoms with E-state index in [1.807, 2.05) is 59.0 Å². The lowest BCUT2D eigenvalue weighted by Crippen LogP contribution is -2.42. The fourth-order valence-electron chi connectivity index (χ4n) is 16.8. The smallest absolute Gasteiger partial charge is 0.494 e. The van der Waals surface area contributed by atoms with Gasteiger partial charge >= 0.3 is 7.12 Å². The Morgan fingerprint density at radius 1 is 0.517 bits per heavy atom. The van der Waals surface area contributed by atoms with Crippen LogP contribution in [0, 0.1) is 22.7 Å². The van der Waals surface area contributed by atoms with Gasteiger partial charge in [0.1, 0.15) is 22.3 Å². The average molecular weight is 1650 g/mol. The molecule has 0 atom stereocenters. The van der Waals surface area contributed by atoms with Gasteiger partial charge in [0.15, 0.2) is 11.3 Å². The SMILES string of the molecule is CCc1nc2c(cnn2CC)c(NC2CCOCC2)c1CNC(=O)C1(C(=O)NCc2ccc(OC)c(-c3cccc(CC4CCN(C)CC4)c3)c2)CC1.CCc1nc2c(cnn2CC)c(NC2CCOCC2)c1CNC(=O)C1(C(=O)NCc2ccc(OC)c(Br)c2)CC1.CN1CCC(Cc2cccc(B3OC(C)(C)C(C)(C)O3)c2)CC1. The molecule has 8 aromatic rings. The lowest BCUT2D eigenvalue weighted by Gasteiger charge is -2.32. The van der Waals surface area contributed by atoms with Crippen molar-refractivity contribution < 1.29 is 47.4 Å². The van der Waals surface area contributed by atoms with Crippen LogP contribution in [0.25, 0.3) is 33.2 Å². The number of methoxy groups -OCH3 is 2. The van der Waals surface area contributed by atoms with Crippen LogP contribution in [0.15, 0.2) is 102 Å². The molecule has 116 heavy (non-hydrogen) atoms. The van der Waals surface area contributed by atoms with Gasteiger partial charge in [0.2, 0.25) is 23.6 Å². The van der Waals surface area contributed by atoms with Crippen LogP contribution >= 0.6 is 15.9 Å². The molecule has 26 heteroatoms. The molecule has 0 bridgehead atoms. The molecule has 9 heterocycles. The van der Waals surface area contributed by atoms with Gasteiger partial charge in [0.05, 0.1) is 64.4 Å². The highest BCUT2D eigenvalue weighted by atomic mass is 79.9. The van der Waals surface area contributed by atoms with E-state index < -0.39 is 10.8 Å². The van der Waals surface area contributed by atoms with Crippen molar-refractivity contribution in [2.24, 2.45) is 22.7 Å². The lowest BCUT2D eigenvalue weighted by atomic mass is 9.77. The minimum Gasteiger partial charge on any atom is -0.496 e. The van der Waals surface area contributed by atoms with Gasteiger partial charge in [0, 0.05) is 106 Å². The Balaban J connectivity index is 0.000000163. The Bertz CT molecular complexity index is 4730. The third-order valence-electron chi connectivity index (χ3n) is 25.3. The number of piperidine rings is 2. The van der Waals surface area contributed by atoms with Crippen molar-refractivity contribution in [3.63, 3.8) is 0 Å². The first-order valence-corrected chi connectivity index (χ1v) is 43.2. The van der Waals surface area contributed by atoms with Crippen molar-refractivity contribution in [3.8, 4) is 22.6 Å². The number of halogens is 1. The monoisotopic (exact) mass is 1650 g/mol. The predicted molar refractivity (Wildman–Crippen MR) is 460 cm³/mol. The van der Waals surface area contributed by atoms with Crippen molar-refractivity contribution in [2.45, 2.75) is 221 Å². The van der Waals surface area contributed by atoms with E-state index in [0.29, 0.717) is 77.3 Å².